The first-order chi connectivity index (χ1) is 15.5. The number of nitrogens with zero attached hydrogens (tertiary/aromatic N) is 2. The molecule has 0 spiro atoms. The topological polar surface area (TPSA) is 62.1 Å². The van der Waals surface area contributed by atoms with Crippen molar-refractivity contribution in [3.05, 3.63) is 97.0 Å². The second kappa shape index (κ2) is 8.75. The Morgan fingerprint density at radius 1 is 1.00 bits per heavy atom. The maximum atomic E-state index is 12.8. The van der Waals surface area contributed by atoms with Gasteiger partial charge in [-0.05, 0) is 54.6 Å². The fourth-order valence-electron chi connectivity index (χ4n) is 3.88. The zero-order valence-corrected chi connectivity index (χ0v) is 19.1. The Morgan fingerprint density at radius 2 is 1.78 bits per heavy atom. The number of hydrogen-bond donors (Lipinski definition) is 1. The minimum absolute atomic E-state index is 0.113. The third kappa shape index (κ3) is 4.34. The molecule has 0 fully saturated rings. The average Bonchev–Trinajstić information content (AvgIpc) is 3.22. The maximum absolute atomic E-state index is 12.8. The van der Waals surface area contributed by atoms with Crippen LogP contribution < -0.4 is 5.56 Å². The van der Waals surface area contributed by atoms with Crippen molar-refractivity contribution in [2.45, 2.75) is 19.5 Å². The van der Waals surface area contributed by atoms with E-state index >= 15 is 0 Å². The molecule has 162 valence electrons. The molecule has 2 aromatic carbocycles. The van der Waals surface area contributed by atoms with Gasteiger partial charge in [0.2, 0.25) is 0 Å². The number of benzene rings is 2. The van der Waals surface area contributed by atoms with Crippen LogP contribution in [0.1, 0.15) is 17.0 Å². The highest BCUT2D eigenvalue weighted by molar-refractivity contribution is 6.36. The highest BCUT2D eigenvalue weighted by Crippen LogP contribution is 2.32. The Kier molecular flexibility index (Phi) is 5.82. The Bertz CT molecular complexity index is 1350. The quantitative estimate of drug-likeness (QED) is 0.372. The van der Waals surface area contributed by atoms with Crippen LogP contribution in [-0.2, 0) is 19.5 Å². The smallest absolute Gasteiger partial charge is 0.255 e. The van der Waals surface area contributed by atoms with Gasteiger partial charge in [0.1, 0.15) is 17.3 Å². The predicted molar refractivity (Wildman–Crippen MR) is 127 cm³/mol. The Morgan fingerprint density at radius 3 is 2.56 bits per heavy atom. The van der Waals surface area contributed by atoms with E-state index in [1.165, 1.54) is 0 Å². The Balaban J connectivity index is 1.33. The van der Waals surface area contributed by atoms with Crippen molar-refractivity contribution < 1.29 is 4.42 Å². The number of furan rings is 1. The van der Waals surface area contributed by atoms with Gasteiger partial charge in [0.05, 0.1) is 22.8 Å². The highest BCUT2D eigenvalue weighted by Gasteiger charge is 2.22. The van der Waals surface area contributed by atoms with E-state index in [1.807, 2.05) is 30.3 Å². The average molecular weight is 487 g/mol. The van der Waals surface area contributed by atoms with E-state index in [0.717, 1.165) is 29.1 Å². The lowest BCUT2D eigenvalue weighted by Crippen LogP contribution is -2.35. The summed E-state index contributed by atoms with van der Waals surface area (Å²) in [6.45, 7) is 1.88. The van der Waals surface area contributed by atoms with E-state index in [1.54, 1.807) is 24.3 Å². The molecule has 8 heteroatoms. The third-order valence-electron chi connectivity index (χ3n) is 5.50. The Hall–Kier alpha value is -2.57. The molecule has 1 N–H and O–H groups in total. The van der Waals surface area contributed by atoms with Gasteiger partial charge in [-0.25, -0.2) is 4.98 Å². The molecule has 0 bridgehead atoms. The van der Waals surface area contributed by atoms with Gasteiger partial charge in [-0.3, -0.25) is 9.69 Å². The minimum atomic E-state index is -0.113. The molecular weight excluding hydrogens is 469 g/mol. The first kappa shape index (κ1) is 21.3. The first-order valence-corrected chi connectivity index (χ1v) is 11.2. The number of H-pyrrole nitrogens is 1. The van der Waals surface area contributed by atoms with Gasteiger partial charge in [0, 0.05) is 40.7 Å². The van der Waals surface area contributed by atoms with Crippen LogP contribution in [0.25, 0.3) is 22.7 Å². The standard InChI is InChI=1S/C24H18Cl3N3O2/c25-15-3-1-14(2-4-15)23-28-21-9-10-30(13-19(21)24(31)29-23)12-17-6-8-22(32-17)18-7-5-16(26)11-20(18)27/h1-8,11H,9-10,12-13H2,(H,28,29,31). The summed E-state index contributed by atoms with van der Waals surface area (Å²) in [4.78, 5) is 22.6. The summed E-state index contributed by atoms with van der Waals surface area (Å²) in [7, 11) is 0. The number of aromatic amines is 1. The molecule has 5 nitrogen and oxygen atoms in total. The number of fused-ring (bicyclic) bond motifs is 1. The van der Waals surface area contributed by atoms with E-state index in [9.17, 15) is 4.79 Å². The van der Waals surface area contributed by atoms with Crippen molar-refractivity contribution >= 4 is 34.8 Å². The lowest BCUT2D eigenvalue weighted by molar-refractivity contribution is 0.223. The summed E-state index contributed by atoms with van der Waals surface area (Å²) in [6, 6.07) is 16.4. The number of rotatable bonds is 4. The van der Waals surface area contributed by atoms with Gasteiger partial charge in [0.25, 0.3) is 5.56 Å². The zero-order chi connectivity index (χ0) is 22.2. The van der Waals surface area contributed by atoms with Gasteiger partial charge in [-0.2, -0.15) is 0 Å². The maximum Gasteiger partial charge on any atom is 0.255 e. The van der Waals surface area contributed by atoms with Gasteiger partial charge < -0.3 is 9.40 Å². The SMILES string of the molecule is O=c1[nH]c(-c2ccc(Cl)cc2)nc2c1CN(Cc1ccc(-c3ccc(Cl)cc3Cl)o1)CC2. The first-order valence-electron chi connectivity index (χ1n) is 10.1. The van der Waals surface area contributed by atoms with Crippen molar-refractivity contribution in [2.24, 2.45) is 0 Å². The van der Waals surface area contributed by atoms with Crippen LogP contribution in [-0.4, -0.2) is 21.4 Å². The third-order valence-corrected chi connectivity index (χ3v) is 6.30. The molecule has 32 heavy (non-hydrogen) atoms. The summed E-state index contributed by atoms with van der Waals surface area (Å²) in [5.74, 6) is 2.05. The molecule has 2 aromatic heterocycles. The number of nitrogens with one attached hydrogen (secondary N) is 1. The van der Waals surface area contributed by atoms with Gasteiger partial charge >= 0.3 is 0 Å². The molecule has 0 aliphatic carbocycles. The van der Waals surface area contributed by atoms with Crippen molar-refractivity contribution in [3.63, 3.8) is 0 Å². The predicted octanol–water partition coefficient (Wildman–Crippen LogP) is 6.22. The van der Waals surface area contributed by atoms with E-state index < -0.39 is 0 Å². The lowest BCUT2D eigenvalue weighted by atomic mass is 10.1. The monoisotopic (exact) mass is 485 g/mol. The fourth-order valence-corrected chi connectivity index (χ4v) is 4.51. The van der Waals surface area contributed by atoms with Crippen LogP contribution in [0.2, 0.25) is 15.1 Å². The van der Waals surface area contributed by atoms with Crippen molar-refractivity contribution in [3.8, 4) is 22.7 Å². The fraction of sp³-hybridized carbons (Fsp3) is 0.167. The van der Waals surface area contributed by atoms with Crippen LogP contribution in [0.3, 0.4) is 0 Å². The molecule has 1 aliphatic heterocycles. The molecule has 0 unspecified atom stereocenters. The second-order valence-electron chi connectivity index (χ2n) is 7.70. The summed E-state index contributed by atoms with van der Waals surface area (Å²) in [5.41, 5.74) is 3.05. The number of aromatic nitrogens is 2. The number of hydrogen-bond acceptors (Lipinski definition) is 4. The molecule has 0 atom stereocenters. The van der Waals surface area contributed by atoms with Gasteiger partial charge in [0.15, 0.2) is 0 Å². The molecule has 5 rings (SSSR count). The van der Waals surface area contributed by atoms with Crippen LogP contribution in [0.15, 0.2) is 63.8 Å². The van der Waals surface area contributed by atoms with E-state index in [0.29, 0.717) is 51.7 Å². The van der Waals surface area contributed by atoms with Crippen molar-refractivity contribution in [1.82, 2.24) is 14.9 Å². The van der Waals surface area contributed by atoms with Crippen LogP contribution >= 0.6 is 34.8 Å². The van der Waals surface area contributed by atoms with Crippen molar-refractivity contribution in [2.75, 3.05) is 6.54 Å². The molecule has 0 saturated carbocycles. The summed E-state index contributed by atoms with van der Waals surface area (Å²) in [6.07, 6.45) is 0.691. The zero-order valence-electron chi connectivity index (χ0n) is 16.9. The van der Waals surface area contributed by atoms with Crippen LogP contribution in [0.4, 0.5) is 0 Å². The summed E-state index contributed by atoms with van der Waals surface area (Å²) in [5, 5.41) is 1.76. The van der Waals surface area contributed by atoms with Crippen LogP contribution in [0.5, 0.6) is 0 Å². The highest BCUT2D eigenvalue weighted by atomic mass is 35.5. The number of halogens is 3. The largest absolute Gasteiger partial charge is 0.460 e. The van der Waals surface area contributed by atoms with Gasteiger partial charge in [-0.1, -0.05) is 34.8 Å². The molecule has 4 aromatic rings. The van der Waals surface area contributed by atoms with E-state index in [2.05, 4.69) is 9.88 Å². The van der Waals surface area contributed by atoms with E-state index in [4.69, 9.17) is 44.2 Å². The Labute approximate surface area is 199 Å². The van der Waals surface area contributed by atoms with Crippen molar-refractivity contribution in [1.29, 1.82) is 0 Å². The normalized spacial score (nSPS) is 13.8. The summed E-state index contributed by atoms with van der Waals surface area (Å²) >= 11 is 18.2. The molecule has 0 amide bonds. The lowest BCUT2D eigenvalue weighted by Gasteiger charge is -2.26. The van der Waals surface area contributed by atoms with E-state index in [-0.39, 0.29) is 5.56 Å². The van der Waals surface area contributed by atoms with Crippen LogP contribution in [0, 0.1) is 0 Å². The molecular formula is C24H18Cl3N3O2. The molecule has 1 aliphatic rings. The molecule has 3 heterocycles. The molecule has 0 radical (unpaired) electrons. The molecule has 0 saturated heterocycles. The summed E-state index contributed by atoms with van der Waals surface area (Å²) < 4.78 is 6.02. The minimum Gasteiger partial charge on any atom is -0.460 e. The van der Waals surface area contributed by atoms with Gasteiger partial charge in [-0.15, -0.1) is 0 Å². The second-order valence-corrected chi connectivity index (χ2v) is 8.98.